The first-order chi connectivity index (χ1) is 16.6. The fourth-order valence-corrected chi connectivity index (χ4v) is 4.48. The molecule has 1 amide bonds. The monoisotopic (exact) mass is 477 g/mol. The van der Waals surface area contributed by atoms with E-state index in [0.717, 1.165) is 17.3 Å². The molecule has 0 radical (unpaired) electrons. The van der Waals surface area contributed by atoms with Gasteiger partial charge in [0.25, 0.3) is 5.56 Å². The van der Waals surface area contributed by atoms with Crippen LogP contribution < -0.4 is 5.56 Å². The Bertz CT molecular complexity index is 1340. The van der Waals surface area contributed by atoms with E-state index < -0.39 is 5.82 Å². The van der Waals surface area contributed by atoms with Gasteiger partial charge < -0.3 is 9.64 Å². The number of para-hydroxylation sites is 2. The quantitative estimate of drug-likeness (QED) is 0.266. The third-order valence-electron chi connectivity index (χ3n) is 5.30. The molecule has 0 spiro atoms. The van der Waals surface area contributed by atoms with Gasteiger partial charge in [-0.3, -0.25) is 14.2 Å². The maximum atomic E-state index is 14.7. The highest BCUT2D eigenvalue weighted by molar-refractivity contribution is 7.99. The second-order valence-corrected chi connectivity index (χ2v) is 8.53. The Hall–Kier alpha value is -3.49. The standard InChI is InChI=1S/C26H24FN3O3S/c1-33-16-15-29(17-19-9-3-2-4-10-19)24(31)18-34-26-28-22-13-7-5-11-20(22)25(32)30(26)23-14-8-6-12-21(23)27/h2-14H,15-18H2,1H3. The molecule has 0 fully saturated rings. The summed E-state index contributed by atoms with van der Waals surface area (Å²) in [6.07, 6.45) is 0. The van der Waals surface area contributed by atoms with E-state index in [2.05, 4.69) is 4.98 Å². The van der Waals surface area contributed by atoms with Crippen molar-refractivity contribution in [1.29, 1.82) is 0 Å². The normalized spacial score (nSPS) is 11.0. The third kappa shape index (κ3) is 5.35. The first-order valence-electron chi connectivity index (χ1n) is 10.8. The van der Waals surface area contributed by atoms with Crippen LogP contribution in [-0.4, -0.2) is 46.4 Å². The van der Waals surface area contributed by atoms with Crippen molar-refractivity contribution in [2.24, 2.45) is 0 Å². The highest BCUT2D eigenvalue weighted by Crippen LogP contribution is 2.23. The van der Waals surface area contributed by atoms with Crippen LogP contribution in [0.1, 0.15) is 5.56 Å². The largest absolute Gasteiger partial charge is 0.383 e. The van der Waals surface area contributed by atoms with E-state index in [4.69, 9.17) is 4.74 Å². The molecule has 4 aromatic rings. The number of thioether (sulfide) groups is 1. The second kappa shape index (κ2) is 11.1. The van der Waals surface area contributed by atoms with Crippen molar-refractivity contribution in [1.82, 2.24) is 14.5 Å². The van der Waals surface area contributed by atoms with E-state index in [1.54, 1.807) is 48.4 Å². The first kappa shape index (κ1) is 23.7. The molecule has 0 bridgehead atoms. The van der Waals surface area contributed by atoms with Crippen LogP contribution in [-0.2, 0) is 16.1 Å². The second-order valence-electron chi connectivity index (χ2n) is 7.59. The summed E-state index contributed by atoms with van der Waals surface area (Å²) in [5.41, 5.74) is 1.21. The molecule has 1 aromatic heterocycles. The molecular weight excluding hydrogens is 453 g/mol. The summed E-state index contributed by atoms with van der Waals surface area (Å²) in [5, 5.41) is 0.640. The van der Waals surface area contributed by atoms with Crippen molar-refractivity contribution in [3.63, 3.8) is 0 Å². The highest BCUT2D eigenvalue weighted by atomic mass is 32.2. The van der Waals surface area contributed by atoms with Crippen molar-refractivity contribution < 1.29 is 13.9 Å². The maximum absolute atomic E-state index is 14.7. The summed E-state index contributed by atoms with van der Waals surface area (Å²) in [6.45, 7) is 1.27. The van der Waals surface area contributed by atoms with Gasteiger partial charge in [0.1, 0.15) is 5.82 Å². The Morgan fingerprint density at radius 2 is 1.74 bits per heavy atom. The summed E-state index contributed by atoms with van der Waals surface area (Å²) in [6, 6.07) is 22.7. The van der Waals surface area contributed by atoms with Crippen LogP contribution in [0.2, 0.25) is 0 Å². The fourth-order valence-electron chi connectivity index (χ4n) is 3.57. The molecule has 0 saturated carbocycles. The van der Waals surface area contributed by atoms with Crippen molar-refractivity contribution in [2.75, 3.05) is 26.0 Å². The van der Waals surface area contributed by atoms with Gasteiger partial charge in [0.15, 0.2) is 5.16 Å². The van der Waals surface area contributed by atoms with Gasteiger partial charge in [-0.2, -0.15) is 0 Å². The number of hydrogen-bond acceptors (Lipinski definition) is 5. The van der Waals surface area contributed by atoms with Crippen LogP contribution in [0.15, 0.2) is 88.8 Å². The predicted molar refractivity (Wildman–Crippen MR) is 132 cm³/mol. The van der Waals surface area contributed by atoms with E-state index in [0.29, 0.717) is 30.6 Å². The molecule has 0 aliphatic heterocycles. The topological polar surface area (TPSA) is 64.4 Å². The zero-order chi connectivity index (χ0) is 23.9. The van der Waals surface area contributed by atoms with Crippen molar-refractivity contribution in [2.45, 2.75) is 11.7 Å². The Labute approximate surface area is 201 Å². The Morgan fingerprint density at radius 3 is 2.50 bits per heavy atom. The summed E-state index contributed by atoms with van der Waals surface area (Å²) < 4.78 is 21.1. The summed E-state index contributed by atoms with van der Waals surface area (Å²) in [5.74, 6) is -0.635. The number of amides is 1. The number of fused-ring (bicyclic) bond motifs is 1. The molecule has 8 heteroatoms. The average molecular weight is 478 g/mol. The fraction of sp³-hybridized carbons (Fsp3) is 0.192. The molecule has 0 aliphatic carbocycles. The van der Waals surface area contributed by atoms with E-state index in [1.165, 1.54) is 16.7 Å². The number of nitrogens with zero attached hydrogens (tertiary/aromatic N) is 3. The van der Waals surface area contributed by atoms with Gasteiger partial charge in [-0.25, -0.2) is 9.37 Å². The van der Waals surface area contributed by atoms with Crippen LogP contribution in [0.3, 0.4) is 0 Å². The molecular formula is C26H24FN3O3S. The van der Waals surface area contributed by atoms with Crippen LogP contribution in [0, 0.1) is 5.82 Å². The van der Waals surface area contributed by atoms with E-state index >= 15 is 0 Å². The van der Waals surface area contributed by atoms with Crippen LogP contribution >= 0.6 is 11.8 Å². The van der Waals surface area contributed by atoms with Gasteiger partial charge in [-0.05, 0) is 29.8 Å². The van der Waals surface area contributed by atoms with Gasteiger partial charge in [-0.15, -0.1) is 0 Å². The minimum atomic E-state index is -0.541. The number of benzene rings is 3. The van der Waals surface area contributed by atoms with Crippen LogP contribution in [0.25, 0.3) is 16.6 Å². The molecule has 0 saturated heterocycles. The lowest BCUT2D eigenvalue weighted by atomic mass is 10.2. The number of carbonyl (C=O) groups is 1. The number of methoxy groups -OCH3 is 1. The van der Waals surface area contributed by atoms with E-state index in [1.807, 2.05) is 30.3 Å². The minimum absolute atomic E-state index is 0.0375. The molecule has 0 unspecified atom stereocenters. The highest BCUT2D eigenvalue weighted by Gasteiger charge is 2.19. The minimum Gasteiger partial charge on any atom is -0.383 e. The number of ether oxygens (including phenoxy) is 1. The zero-order valence-electron chi connectivity index (χ0n) is 18.7. The number of halogens is 1. The number of carbonyl (C=O) groups excluding carboxylic acids is 1. The van der Waals surface area contributed by atoms with Crippen LogP contribution in [0.5, 0.6) is 0 Å². The number of hydrogen-bond donors (Lipinski definition) is 0. The van der Waals surface area contributed by atoms with Gasteiger partial charge in [-0.1, -0.05) is 66.4 Å². The van der Waals surface area contributed by atoms with Gasteiger partial charge in [0.05, 0.1) is 29.0 Å². The SMILES string of the molecule is COCCN(Cc1ccccc1)C(=O)CSc1nc2ccccc2c(=O)n1-c1ccccc1F. The molecule has 174 valence electrons. The molecule has 3 aromatic carbocycles. The molecule has 0 N–H and O–H groups in total. The molecule has 4 rings (SSSR count). The van der Waals surface area contributed by atoms with E-state index in [-0.39, 0.29) is 28.1 Å². The molecule has 34 heavy (non-hydrogen) atoms. The van der Waals surface area contributed by atoms with Crippen LogP contribution in [0.4, 0.5) is 4.39 Å². The lowest BCUT2D eigenvalue weighted by Crippen LogP contribution is -2.35. The first-order valence-corrected chi connectivity index (χ1v) is 11.8. The molecule has 6 nitrogen and oxygen atoms in total. The van der Waals surface area contributed by atoms with Crippen molar-refractivity contribution in [3.8, 4) is 5.69 Å². The summed E-state index contributed by atoms with van der Waals surface area (Å²) in [4.78, 5) is 32.7. The molecule has 0 aliphatic rings. The molecule has 1 heterocycles. The van der Waals surface area contributed by atoms with Gasteiger partial charge in [0.2, 0.25) is 5.91 Å². The Morgan fingerprint density at radius 1 is 1.03 bits per heavy atom. The lowest BCUT2D eigenvalue weighted by Gasteiger charge is -2.23. The van der Waals surface area contributed by atoms with E-state index in [9.17, 15) is 14.0 Å². The molecule has 0 atom stereocenters. The Kier molecular flexibility index (Phi) is 7.72. The maximum Gasteiger partial charge on any atom is 0.266 e. The number of rotatable bonds is 9. The Balaban J connectivity index is 1.65. The van der Waals surface area contributed by atoms with Gasteiger partial charge >= 0.3 is 0 Å². The zero-order valence-corrected chi connectivity index (χ0v) is 19.5. The van der Waals surface area contributed by atoms with Crippen molar-refractivity contribution >= 4 is 28.6 Å². The number of aromatic nitrogens is 2. The average Bonchev–Trinajstić information content (AvgIpc) is 2.86. The van der Waals surface area contributed by atoms with Gasteiger partial charge in [0, 0.05) is 20.2 Å². The summed E-state index contributed by atoms with van der Waals surface area (Å²) in [7, 11) is 1.59. The predicted octanol–water partition coefficient (Wildman–Crippen LogP) is 4.29. The summed E-state index contributed by atoms with van der Waals surface area (Å²) >= 11 is 1.11. The van der Waals surface area contributed by atoms with Crippen molar-refractivity contribution in [3.05, 3.63) is 101 Å². The third-order valence-corrected chi connectivity index (χ3v) is 6.22. The smallest absolute Gasteiger partial charge is 0.266 e. The lowest BCUT2D eigenvalue weighted by molar-refractivity contribution is -0.129.